The van der Waals surface area contributed by atoms with Crippen molar-refractivity contribution in [2.24, 2.45) is 10.9 Å². The van der Waals surface area contributed by atoms with Crippen molar-refractivity contribution in [3.05, 3.63) is 95.6 Å². The Hall–Kier alpha value is -3.47. The highest BCUT2D eigenvalue weighted by molar-refractivity contribution is 5.96. The summed E-state index contributed by atoms with van der Waals surface area (Å²) in [5, 5.41) is 2.93. The van der Waals surface area contributed by atoms with Gasteiger partial charge in [-0.15, -0.1) is 0 Å². The lowest BCUT2D eigenvalue weighted by molar-refractivity contribution is -0.121. The highest BCUT2D eigenvalue weighted by atomic mass is 16.2. The number of rotatable bonds is 5. The van der Waals surface area contributed by atoms with E-state index in [1.165, 1.54) is 0 Å². The molecule has 146 valence electrons. The van der Waals surface area contributed by atoms with Crippen LogP contribution in [0.2, 0.25) is 0 Å². The lowest BCUT2D eigenvalue weighted by Gasteiger charge is -2.24. The third kappa shape index (κ3) is 4.69. The number of hydrogen-bond acceptors (Lipinski definition) is 2. The minimum Gasteiger partial charge on any atom is -0.329 e. The van der Waals surface area contributed by atoms with E-state index in [9.17, 15) is 9.59 Å². The molecule has 5 nitrogen and oxygen atoms in total. The monoisotopic (exact) mass is 385 g/mol. The number of hydrogen-bond donors (Lipinski definition) is 1. The van der Waals surface area contributed by atoms with Crippen LogP contribution in [0, 0.1) is 5.92 Å². The summed E-state index contributed by atoms with van der Waals surface area (Å²) in [5.41, 5.74) is 3.76. The van der Waals surface area contributed by atoms with E-state index in [1.54, 1.807) is 0 Å². The predicted molar refractivity (Wildman–Crippen MR) is 112 cm³/mol. The molecule has 0 spiro atoms. The molecule has 2 amide bonds. The van der Waals surface area contributed by atoms with Gasteiger partial charge in [-0.1, -0.05) is 54.6 Å². The van der Waals surface area contributed by atoms with Gasteiger partial charge in [0.25, 0.3) is 0 Å². The maximum Gasteiger partial charge on any atom is 0.247 e. The van der Waals surface area contributed by atoms with Gasteiger partial charge in [0.1, 0.15) is 5.49 Å². The Morgan fingerprint density at radius 3 is 2.62 bits per heavy atom. The van der Waals surface area contributed by atoms with Crippen LogP contribution in [-0.4, -0.2) is 16.4 Å². The summed E-state index contributed by atoms with van der Waals surface area (Å²) in [4.78, 5) is 29.1. The molecular formula is C24H23N3O2. The Labute approximate surface area is 169 Å². The fraction of sp³-hybridized carbons (Fsp3) is 0.208. The molecular weight excluding hydrogens is 362 g/mol. The highest BCUT2D eigenvalue weighted by Crippen LogP contribution is 2.27. The molecule has 2 aromatic carbocycles. The normalized spacial score (nSPS) is 16.2. The Morgan fingerprint density at radius 1 is 1.00 bits per heavy atom. The van der Waals surface area contributed by atoms with Crippen LogP contribution in [0.1, 0.15) is 24.0 Å². The summed E-state index contributed by atoms with van der Waals surface area (Å²) in [6.07, 6.45) is 3.33. The second-order valence-electron chi connectivity index (χ2n) is 7.26. The molecule has 1 unspecified atom stereocenters. The number of carbonyl (C=O) groups is 2. The SMILES string of the molecule is O=C(CCC1Cc2ccccc2NC1=O)N=c1ccccn1Cc1ccccc1. The number of nitrogens with zero attached hydrogens (tertiary/aromatic N) is 2. The van der Waals surface area contributed by atoms with Crippen molar-refractivity contribution >= 4 is 17.5 Å². The molecule has 3 aromatic rings. The molecule has 1 aromatic heterocycles. The molecule has 0 aliphatic carbocycles. The number of aromatic nitrogens is 1. The van der Waals surface area contributed by atoms with Crippen molar-refractivity contribution in [2.45, 2.75) is 25.8 Å². The summed E-state index contributed by atoms with van der Waals surface area (Å²) < 4.78 is 1.96. The molecule has 1 aliphatic rings. The van der Waals surface area contributed by atoms with Crippen LogP contribution >= 0.6 is 0 Å². The van der Waals surface area contributed by atoms with Crippen LogP contribution in [-0.2, 0) is 22.6 Å². The number of pyridine rings is 1. The molecule has 4 rings (SSSR count). The standard InChI is InChI=1S/C24H23N3O2/c28-23(14-13-20-16-19-10-4-5-11-21(19)25-24(20)29)26-22-12-6-7-15-27(22)17-18-8-2-1-3-9-18/h1-12,15,20H,13-14,16-17H2,(H,25,29). The quantitative estimate of drug-likeness (QED) is 0.730. The number of fused-ring (bicyclic) bond motifs is 1. The van der Waals surface area contributed by atoms with Crippen LogP contribution in [0.15, 0.2) is 84.0 Å². The van der Waals surface area contributed by atoms with Crippen LogP contribution < -0.4 is 10.8 Å². The van der Waals surface area contributed by atoms with E-state index in [2.05, 4.69) is 10.3 Å². The fourth-order valence-corrected chi connectivity index (χ4v) is 3.61. The first-order chi connectivity index (χ1) is 14.2. The van der Waals surface area contributed by atoms with Crippen molar-refractivity contribution in [3.8, 4) is 0 Å². The zero-order valence-corrected chi connectivity index (χ0v) is 16.1. The fourth-order valence-electron chi connectivity index (χ4n) is 3.61. The van der Waals surface area contributed by atoms with E-state index >= 15 is 0 Å². The molecule has 29 heavy (non-hydrogen) atoms. The summed E-state index contributed by atoms with van der Waals surface area (Å²) in [7, 11) is 0. The number of amides is 2. The maximum atomic E-state index is 12.5. The van der Waals surface area contributed by atoms with Crippen LogP contribution in [0.25, 0.3) is 0 Å². The summed E-state index contributed by atoms with van der Waals surface area (Å²) in [5.74, 6) is -0.420. The number of carbonyl (C=O) groups excluding carboxylic acids is 2. The maximum absolute atomic E-state index is 12.5. The lowest BCUT2D eigenvalue weighted by atomic mass is 9.89. The van der Waals surface area contributed by atoms with E-state index in [-0.39, 0.29) is 24.2 Å². The molecule has 0 radical (unpaired) electrons. The van der Waals surface area contributed by atoms with Crippen LogP contribution in [0.4, 0.5) is 5.69 Å². The van der Waals surface area contributed by atoms with Gasteiger partial charge in [0.2, 0.25) is 11.8 Å². The third-order valence-corrected chi connectivity index (χ3v) is 5.17. The summed E-state index contributed by atoms with van der Waals surface area (Å²) >= 11 is 0. The summed E-state index contributed by atoms with van der Waals surface area (Å²) in [6, 6.07) is 23.5. The Bertz CT molecular complexity index is 1090. The lowest BCUT2D eigenvalue weighted by Crippen LogP contribution is -2.30. The molecule has 1 N–H and O–H groups in total. The predicted octanol–water partition coefficient (Wildman–Crippen LogP) is 3.55. The minimum atomic E-state index is -0.204. The van der Waals surface area contributed by atoms with Crippen molar-refractivity contribution in [2.75, 3.05) is 5.32 Å². The highest BCUT2D eigenvalue weighted by Gasteiger charge is 2.26. The smallest absolute Gasteiger partial charge is 0.247 e. The zero-order chi connectivity index (χ0) is 20.1. The first kappa shape index (κ1) is 18.9. The number of nitrogens with one attached hydrogen (secondary N) is 1. The van der Waals surface area contributed by atoms with E-state index in [0.717, 1.165) is 16.8 Å². The van der Waals surface area contributed by atoms with Gasteiger partial charge in [0.05, 0.1) is 0 Å². The van der Waals surface area contributed by atoms with Crippen molar-refractivity contribution in [1.82, 2.24) is 4.57 Å². The molecule has 0 fully saturated rings. The molecule has 1 aliphatic heterocycles. The Morgan fingerprint density at radius 2 is 1.76 bits per heavy atom. The number of para-hydroxylation sites is 1. The molecule has 0 saturated heterocycles. The minimum absolute atomic E-state index is 0.0182. The number of anilines is 1. The first-order valence-corrected chi connectivity index (χ1v) is 9.85. The zero-order valence-electron chi connectivity index (χ0n) is 16.1. The van der Waals surface area contributed by atoms with E-state index in [4.69, 9.17) is 0 Å². The van der Waals surface area contributed by atoms with Crippen LogP contribution in [0.3, 0.4) is 0 Å². The molecule has 0 bridgehead atoms. The van der Waals surface area contributed by atoms with Crippen molar-refractivity contribution in [1.29, 1.82) is 0 Å². The topological polar surface area (TPSA) is 63.5 Å². The third-order valence-electron chi connectivity index (χ3n) is 5.17. The van der Waals surface area contributed by atoms with Crippen molar-refractivity contribution in [3.63, 3.8) is 0 Å². The van der Waals surface area contributed by atoms with E-state index in [0.29, 0.717) is 24.9 Å². The van der Waals surface area contributed by atoms with Gasteiger partial charge in [0, 0.05) is 30.8 Å². The van der Waals surface area contributed by atoms with E-state index < -0.39 is 0 Å². The van der Waals surface area contributed by atoms with Gasteiger partial charge in [-0.2, -0.15) is 4.99 Å². The number of benzene rings is 2. The second kappa shape index (κ2) is 8.69. The first-order valence-electron chi connectivity index (χ1n) is 9.85. The molecule has 0 saturated carbocycles. The largest absolute Gasteiger partial charge is 0.329 e. The molecule has 2 heterocycles. The average molecular weight is 385 g/mol. The van der Waals surface area contributed by atoms with Crippen molar-refractivity contribution < 1.29 is 9.59 Å². The Kier molecular flexibility index (Phi) is 5.66. The average Bonchev–Trinajstić information content (AvgIpc) is 2.74. The van der Waals surface area contributed by atoms with Gasteiger partial charge < -0.3 is 9.88 Å². The van der Waals surface area contributed by atoms with Gasteiger partial charge in [-0.3, -0.25) is 9.59 Å². The van der Waals surface area contributed by atoms with Crippen LogP contribution in [0.5, 0.6) is 0 Å². The van der Waals surface area contributed by atoms with Gasteiger partial charge >= 0.3 is 0 Å². The molecule has 1 atom stereocenters. The Balaban J connectivity index is 1.44. The summed E-state index contributed by atoms with van der Waals surface area (Å²) in [6.45, 7) is 0.648. The van der Waals surface area contributed by atoms with E-state index in [1.807, 2.05) is 83.6 Å². The second-order valence-corrected chi connectivity index (χ2v) is 7.26. The van der Waals surface area contributed by atoms with Gasteiger partial charge in [-0.05, 0) is 42.2 Å². The van der Waals surface area contributed by atoms with Gasteiger partial charge in [0.15, 0.2) is 0 Å². The molecule has 5 heteroatoms. The van der Waals surface area contributed by atoms with Gasteiger partial charge in [-0.25, -0.2) is 0 Å².